The normalized spacial score (nSPS) is 15.1. The number of benzene rings is 3. The fourth-order valence-electron chi connectivity index (χ4n) is 4.65. The first kappa shape index (κ1) is 24.7. The summed E-state index contributed by atoms with van der Waals surface area (Å²) in [5, 5.41) is 0. The van der Waals surface area contributed by atoms with Crippen LogP contribution in [0.4, 0.5) is 0 Å². The summed E-state index contributed by atoms with van der Waals surface area (Å²) in [5.41, 5.74) is 5.22. The molecular formula is C30H34N2O3. The first-order valence-corrected chi connectivity index (χ1v) is 12.3. The second-order valence-corrected chi connectivity index (χ2v) is 9.35. The summed E-state index contributed by atoms with van der Waals surface area (Å²) in [6.07, 6.45) is 1.03. The van der Waals surface area contributed by atoms with Crippen molar-refractivity contribution in [3.63, 3.8) is 0 Å². The largest absolute Gasteiger partial charge is 0.375 e. The van der Waals surface area contributed by atoms with Gasteiger partial charge in [-0.25, -0.2) is 0 Å². The molecule has 0 bridgehead atoms. The van der Waals surface area contributed by atoms with E-state index in [0.29, 0.717) is 51.3 Å². The number of carbonyl (C=O) groups excluding carboxylic acids is 2. The second-order valence-electron chi connectivity index (χ2n) is 9.35. The molecule has 5 nitrogen and oxygen atoms in total. The van der Waals surface area contributed by atoms with Crippen molar-refractivity contribution >= 4 is 11.8 Å². The summed E-state index contributed by atoms with van der Waals surface area (Å²) in [5.74, 6) is 0.0586. The molecule has 0 N–H and O–H groups in total. The molecule has 5 heteroatoms. The molecule has 2 amide bonds. The zero-order chi connectivity index (χ0) is 24.6. The van der Waals surface area contributed by atoms with Crippen molar-refractivity contribution < 1.29 is 14.3 Å². The van der Waals surface area contributed by atoms with Gasteiger partial charge < -0.3 is 14.5 Å². The van der Waals surface area contributed by atoms with Gasteiger partial charge in [-0.05, 0) is 43.5 Å². The Morgan fingerprint density at radius 2 is 1.57 bits per heavy atom. The maximum atomic E-state index is 13.2. The van der Waals surface area contributed by atoms with Crippen LogP contribution in [0.25, 0.3) is 0 Å². The van der Waals surface area contributed by atoms with Gasteiger partial charge in [0, 0.05) is 31.6 Å². The summed E-state index contributed by atoms with van der Waals surface area (Å²) in [7, 11) is 0. The fraction of sp³-hybridized carbons (Fsp3) is 0.333. The van der Waals surface area contributed by atoms with Crippen molar-refractivity contribution in [2.24, 2.45) is 0 Å². The average molecular weight is 471 g/mol. The summed E-state index contributed by atoms with van der Waals surface area (Å²) in [6.45, 7) is 6.46. The molecule has 0 aromatic heterocycles. The van der Waals surface area contributed by atoms with Crippen LogP contribution in [0.3, 0.4) is 0 Å². The van der Waals surface area contributed by atoms with Crippen LogP contribution >= 0.6 is 0 Å². The highest BCUT2D eigenvalue weighted by molar-refractivity contribution is 5.95. The molecule has 0 radical (unpaired) electrons. The number of hydrogen-bond acceptors (Lipinski definition) is 3. The Labute approximate surface area is 208 Å². The molecule has 35 heavy (non-hydrogen) atoms. The van der Waals surface area contributed by atoms with Crippen LogP contribution in [0.2, 0.25) is 0 Å². The van der Waals surface area contributed by atoms with E-state index in [9.17, 15) is 9.59 Å². The van der Waals surface area contributed by atoms with Crippen LogP contribution < -0.4 is 0 Å². The molecular weight excluding hydrogens is 436 g/mol. The number of nitrogens with zero attached hydrogens (tertiary/aromatic N) is 2. The van der Waals surface area contributed by atoms with Gasteiger partial charge in [0.05, 0.1) is 19.3 Å². The summed E-state index contributed by atoms with van der Waals surface area (Å²) < 4.78 is 6.13. The molecule has 3 aromatic rings. The third-order valence-corrected chi connectivity index (χ3v) is 6.50. The van der Waals surface area contributed by atoms with E-state index in [1.807, 2.05) is 60.4 Å². The third kappa shape index (κ3) is 6.80. The minimum atomic E-state index is -0.0938. The highest BCUT2D eigenvalue weighted by Crippen LogP contribution is 2.17. The Morgan fingerprint density at radius 3 is 2.31 bits per heavy atom. The van der Waals surface area contributed by atoms with Crippen LogP contribution in [0.1, 0.15) is 39.0 Å². The third-order valence-electron chi connectivity index (χ3n) is 6.50. The van der Waals surface area contributed by atoms with Gasteiger partial charge in [0.1, 0.15) is 0 Å². The molecule has 0 spiro atoms. The van der Waals surface area contributed by atoms with E-state index in [1.165, 1.54) is 11.1 Å². The monoisotopic (exact) mass is 470 g/mol. The van der Waals surface area contributed by atoms with Crippen LogP contribution in [0.5, 0.6) is 0 Å². The molecule has 1 heterocycles. The van der Waals surface area contributed by atoms with E-state index in [2.05, 4.69) is 37.3 Å². The number of rotatable bonds is 8. The summed E-state index contributed by atoms with van der Waals surface area (Å²) in [4.78, 5) is 30.1. The van der Waals surface area contributed by atoms with Crippen molar-refractivity contribution in [1.29, 1.82) is 0 Å². The van der Waals surface area contributed by atoms with Crippen molar-refractivity contribution in [3.8, 4) is 0 Å². The molecule has 182 valence electrons. The van der Waals surface area contributed by atoms with Crippen LogP contribution in [-0.2, 0) is 22.6 Å². The van der Waals surface area contributed by atoms with Gasteiger partial charge in [0.2, 0.25) is 5.91 Å². The van der Waals surface area contributed by atoms with Gasteiger partial charge >= 0.3 is 0 Å². The van der Waals surface area contributed by atoms with Crippen LogP contribution in [0.15, 0.2) is 78.9 Å². The fourth-order valence-corrected chi connectivity index (χ4v) is 4.65. The highest BCUT2D eigenvalue weighted by atomic mass is 16.5. The molecule has 1 saturated heterocycles. The maximum absolute atomic E-state index is 13.2. The van der Waals surface area contributed by atoms with Crippen molar-refractivity contribution in [1.82, 2.24) is 9.80 Å². The lowest BCUT2D eigenvalue weighted by atomic mass is 10.0. The van der Waals surface area contributed by atoms with Gasteiger partial charge in [-0.2, -0.15) is 0 Å². The lowest BCUT2D eigenvalue weighted by Gasteiger charge is -2.31. The first-order chi connectivity index (χ1) is 17.0. The van der Waals surface area contributed by atoms with Crippen molar-refractivity contribution in [2.75, 3.05) is 26.2 Å². The van der Waals surface area contributed by atoms with Gasteiger partial charge in [-0.3, -0.25) is 9.59 Å². The average Bonchev–Trinajstić information content (AvgIpc) is 3.05. The van der Waals surface area contributed by atoms with Gasteiger partial charge in [-0.15, -0.1) is 0 Å². The first-order valence-electron chi connectivity index (χ1n) is 12.3. The number of amides is 2. The second kappa shape index (κ2) is 11.8. The number of carbonyl (C=O) groups is 2. The molecule has 1 atom stereocenters. The van der Waals surface area contributed by atoms with Crippen LogP contribution in [-0.4, -0.2) is 53.9 Å². The minimum absolute atomic E-state index is 0.0151. The lowest BCUT2D eigenvalue weighted by Crippen LogP contribution is -2.45. The predicted octanol–water partition coefficient (Wildman–Crippen LogP) is 4.81. The minimum Gasteiger partial charge on any atom is -0.375 e. The molecule has 4 rings (SSSR count). The SMILES string of the molecule is Cc1cccc(COC[C@H](Cc2ccccc2)N2CCN(C(=O)c3cccc(C)c3)CCC2=O)c1. The molecule has 1 aliphatic rings. The van der Waals surface area contributed by atoms with E-state index in [-0.39, 0.29) is 17.9 Å². The Bertz CT molecular complexity index is 1150. The number of aryl methyl sites for hydroxylation is 2. The smallest absolute Gasteiger partial charge is 0.253 e. The number of hydrogen-bond donors (Lipinski definition) is 0. The van der Waals surface area contributed by atoms with E-state index in [1.54, 1.807) is 4.90 Å². The van der Waals surface area contributed by atoms with E-state index < -0.39 is 0 Å². The quantitative estimate of drug-likeness (QED) is 0.475. The van der Waals surface area contributed by atoms with Crippen molar-refractivity contribution in [3.05, 3.63) is 107 Å². The predicted molar refractivity (Wildman–Crippen MR) is 138 cm³/mol. The lowest BCUT2D eigenvalue weighted by molar-refractivity contribution is -0.134. The van der Waals surface area contributed by atoms with E-state index in [4.69, 9.17) is 4.74 Å². The zero-order valence-electron chi connectivity index (χ0n) is 20.7. The topological polar surface area (TPSA) is 49.9 Å². The Morgan fingerprint density at radius 1 is 0.857 bits per heavy atom. The Balaban J connectivity index is 1.46. The Hall–Kier alpha value is -3.44. The molecule has 1 aliphatic heterocycles. The molecule has 0 saturated carbocycles. The highest BCUT2D eigenvalue weighted by Gasteiger charge is 2.29. The van der Waals surface area contributed by atoms with Gasteiger partial charge in [0.25, 0.3) is 5.91 Å². The summed E-state index contributed by atoms with van der Waals surface area (Å²) >= 11 is 0. The van der Waals surface area contributed by atoms with Gasteiger partial charge in [0.15, 0.2) is 0 Å². The zero-order valence-corrected chi connectivity index (χ0v) is 20.7. The van der Waals surface area contributed by atoms with Gasteiger partial charge in [-0.1, -0.05) is 77.9 Å². The standard InChI is InChI=1S/C30H34N2O3/c1-23-8-6-12-26(18-23)21-35-22-28(20-25-10-4-3-5-11-25)32-17-16-31(15-14-29(32)33)30(34)27-13-7-9-24(2)19-27/h3-13,18-19,28H,14-17,20-22H2,1-2H3/t28-/m0/s1. The molecule has 0 unspecified atom stereocenters. The summed E-state index contributed by atoms with van der Waals surface area (Å²) in [6, 6.07) is 26.0. The van der Waals surface area contributed by atoms with Crippen molar-refractivity contribution in [2.45, 2.75) is 39.3 Å². The maximum Gasteiger partial charge on any atom is 0.253 e. The molecule has 0 aliphatic carbocycles. The van der Waals surface area contributed by atoms with Crippen LogP contribution in [0, 0.1) is 13.8 Å². The molecule has 1 fully saturated rings. The van der Waals surface area contributed by atoms with E-state index in [0.717, 1.165) is 11.1 Å². The Kier molecular flexibility index (Phi) is 8.32. The molecule has 3 aromatic carbocycles. The van der Waals surface area contributed by atoms with E-state index >= 15 is 0 Å². The number of ether oxygens (including phenoxy) is 1.